The molecule has 7 nitrogen and oxygen atoms in total. The molecule has 0 aliphatic heterocycles. The average molecular weight is 254 g/mol. The number of nitrogens with zero attached hydrogens (tertiary/aromatic N) is 2. The second-order valence-electron chi connectivity index (χ2n) is 3.10. The lowest BCUT2D eigenvalue weighted by molar-refractivity contribution is -0.671. The number of imidazole rings is 1. The monoisotopic (exact) mass is 254 g/mol. The molecule has 3 N–H and O–H groups in total. The van der Waals surface area contributed by atoms with E-state index in [-0.39, 0.29) is 5.48 Å². The third-order valence-electron chi connectivity index (χ3n) is 1.59. The Bertz CT molecular complexity index is 366. The Morgan fingerprint density at radius 1 is 1.50 bits per heavy atom. The Morgan fingerprint density at radius 2 is 2.00 bits per heavy atom. The minimum atomic E-state index is -4.92. The van der Waals surface area contributed by atoms with Gasteiger partial charge in [-0.15, -0.1) is 0 Å². The zero-order valence-electron chi connectivity index (χ0n) is 9.33. The summed E-state index contributed by atoms with van der Waals surface area (Å²) in [6, 6.07) is 0. The molecule has 16 heavy (non-hydrogen) atoms. The second-order valence-corrected chi connectivity index (χ2v) is 3.95. The van der Waals surface area contributed by atoms with Gasteiger partial charge in [-0.05, 0) is 6.42 Å². The molecule has 0 amide bonds. The molecule has 0 bridgehead atoms. The fraction of sp³-hybridized carbons (Fsp3) is 0.625. The van der Waals surface area contributed by atoms with Gasteiger partial charge in [0.25, 0.3) is 0 Å². The van der Waals surface area contributed by atoms with E-state index in [1.54, 1.807) is 0 Å². The van der Waals surface area contributed by atoms with Gasteiger partial charge in [0.15, 0.2) is 0 Å². The molecule has 0 radical (unpaired) electrons. The molecule has 1 heterocycles. The van der Waals surface area contributed by atoms with Crippen LogP contribution in [0.15, 0.2) is 18.7 Å². The van der Waals surface area contributed by atoms with Crippen LogP contribution in [0.4, 0.5) is 0 Å². The lowest BCUT2D eigenvalue weighted by Gasteiger charge is -1.90. The van der Waals surface area contributed by atoms with Crippen molar-refractivity contribution in [3.05, 3.63) is 18.7 Å². The smallest absolute Gasteiger partial charge is 0.243 e. The summed E-state index contributed by atoms with van der Waals surface area (Å²) in [5, 5.41) is 0. The Balaban J connectivity index is 0. The molecule has 0 saturated carbocycles. The Hall–Kier alpha value is -0.960. The first-order valence-electron chi connectivity index (χ1n) is 4.52. The lowest BCUT2D eigenvalue weighted by atomic mass is 10.3. The van der Waals surface area contributed by atoms with E-state index < -0.39 is 10.4 Å². The van der Waals surface area contributed by atoms with Gasteiger partial charge in [-0.2, -0.15) is 0 Å². The van der Waals surface area contributed by atoms with Crippen molar-refractivity contribution in [1.82, 2.24) is 4.57 Å². The highest BCUT2D eigenvalue weighted by atomic mass is 32.3. The van der Waals surface area contributed by atoms with Crippen LogP contribution in [0.3, 0.4) is 0 Å². The van der Waals surface area contributed by atoms with Gasteiger partial charge >= 0.3 is 0 Å². The number of unbranched alkanes of at least 4 members (excludes halogenated alkanes) is 1. The summed E-state index contributed by atoms with van der Waals surface area (Å²) in [4.78, 5) is 0. The molecular formula is C8H18N2O5S. The summed E-state index contributed by atoms with van der Waals surface area (Å²) in [5.74, 6) is 0. The van der Waals surface area contributed by atoms with Gasteiger partial charge < -0.3 is 10.0 Å². The molecule has 0 spiro atoms. The Labute approximate surface area is 95.2 Å². The number of rotatable bonds is 3. The van der Waals surface area contributed by atoms with Crippen molar-refractivity contribution in [3.8, 4) is 0 Å². The largest absolute Gasteiger partial charge is 0.726 e. The van der Waals surface area contributed by atoms with E-state index >= 15 is 0 Å². The summed E-state index contributed by atoms with van der Waals surface area (Å²) in [6.45, 7) is 3.36. The highest BCUT2D eigenvalue weighted by molar-refractivity contribution is 7.79. The fourth-order valence-electron chi connectivity index (χ4n) is 0.975. The summed E-state index contributed by atoms with van der Waals surface area (Å²) < 4.78 is 37.1. The second kappa shape index (κ2) is 8.22. The van der Waals surface area contributed by atoms with Crippen molar-refractivity contribution in [2.75, 3.05) is 0 Å². The maximum Gasteiger partial charge on any atom is 0.243 e. The normalized spacial score (nSPS) is 10.0. The van der Waals surface area contributed by atoms with Crippen LogP contribution >= 0.6 is 0 Å². The van der Waals surface area contributed by atoms with Crippen molar-refractivity contribution in [2.45, 2.75) is 26.3 Å². The molecule has 1 aromatic rings. The van der Waals surface area contributed by atoms with Crippen LogP contribution in [0.1, 0.15) is 19.8 Å². The maximum atomic E-state index is 8.63. The Morgan fingerprint density at radius 3 is 2.31 bits per heavy atom. The van der Waals surface area contributed by atoms with Gasteiger partial charge in [-0.25, -0.2) is 17.6 Å². The van der Waals surface area contributed by atoms with Crippen LogP contribution < -0.4 is 4.57 Å². The first kappa shape index (κ1) is 17.4. The van der Waals surface area contributed by atoms with Crippen LogP contribution in [0.2, 0.25) is 0 Å². The summed E-state index contributed by atoms with van der Waals surface area (Å²) in [7, 11) is -2.87. The molecule has 0 fully saturated rings. The van der Waals surface area contributed by atoms with E-state index in [0.29, 0.717) is 0 Å². The highest BCUT2D eigenvalue weighted by Gasteiger charge is 1.96. The molecule has 0 aliphatic rings. The van der Waals surface area contributed by atoms with E-state index in [9.17, 15) is 0 Å². The van der Waals surface area contributed by atoms with Gasteiger partial charge in [-0.1, -0.05) is 13.3 Å². The summed E-state index contributed by atoms with van der Waals surface area (Å²) in [6.07, 6.45) is 8.82. The minimum absolute atomic E-state index is 0. The number of hydrogen-bond donors (Lipinski definition) is 1. The topological polar surface area (TPSA) is 118 Å². The van der Waals surface area contributed by atoms with Crippen molar-refractivity contribution >= 4 is 10.4 Å². The zero-order valence-corrected chi connectivity index (χ0v) is 10.1. The molecule has 0 aliphatic carbocycles. The molecule has 1 aromatic heterocycles. The highest BCUT2D eigenvalue weighted by Crippen LogP contribution is 1.91. The lowest BCUT2D eigenvalue weighted by Crippen LogP contribution is -2.23. The number of hydrogen-bond acceptors (Lipinski definition) is 3. The molecule has 0 aromatic carbocycles. The van der Waals surface area contributed by atoms with Gasteiger partial charge in [0, 0.05) is 0 Å². The van der Waals surface area contributed by atoms with Crippen molar-refractivity contribution in [3.63, 3.8) is 0 Å². The molecule has 0 saturated heterocycles. The van der Waals surface area contributed by atoms with Gasteiger partial charge in [0.2, 0.25) is 16.7 Å². The third kappa shape index (κ3) is 13.0. The third-order valence-corrected chi connectivity index (χ3v) is 1.59. The van der Waals surface area contributed by atoms with E-state index in [4.69, 9.17) is 17.5 Å². The Kier molecular flexibility index (Phi) is 8.96. The molecule has 1 rings (SSSR count). The van der Waals surface area contributed by atoms with Crippen molar-refractivity contribution in [1.29, 1.82) is 0 Å². The quantitative estimate of drug-likeness (QED) is 0.435. The average Bonchev–Trinajstić information content (AvgIpc) is 2.45. The zero-order chi connectivity index (χ0) is 11.9. The van der Waals surface area contributed by atoms with Gasteiger partial charge in [0.05, 0.1) is 13.6 Å². The standard InChI is InChI=1S/C8H15N2.H2O4S.H2O/c1-3-4-5-10-7-6-9(2)8-10;1-5(2,3)4;/h6-8H,3-5H2,1-2H3;(H2,1,2,3,4);1H2/q+1;;/p-1. The van der Waals surface area contributed by atoms with Crippen LogP contribution in [-0.2, 0) is 24.0 Å². The van der Waals surface area contributed by atoms with E-state index in [1.807, 2.05) is 7.05 Å². The van der Waals surface area contributed by atoms with E-state index in [1.165, 1.54) is 12.8 Å². The predicted molar refractivity (Wildman–Crippen MR) is 56.5 cm³/mol. The van der Waals surface area contributed by atoms with Crippen LogP contribution in [0.5, 0.6) is 0 Å². The van der Waals surface area contributed by atoms with E-state index in [0.717, 1.165) is 6.54 Å². The predicted octanol–water partition coefficient (Wildman–Crippen LogP) is -0.707. The van der Waals surface area contributed by atoms with Crippen LogP contribution in [0, 0.1) is 0 Å². The van der Waals surface area contributed by atoms with Gasteiger partial charge in [-0.3, -0.25) is 4.55 Å². The molecule has 8 heteroatoms. The minimum Gasteiger partial charge on any atom is -0.726 e. The first-order valence-corrected chi connectivity index (χ1v) is 5.88. The molecule has 0 unspecified atom stereocenters. The summed E-state index contributed by atoms with van der Waals surface area (Å²) in [5.41, 5.74) is 0. The summed E-state index contributed by atoms with van der Waals surface area (Å²) >= 11 is 0. The fourth-order valence-corrected chi connectivity index (χ4v) is 0.975. The SMILES string of the molecule is CCCCn1cc[n+](C)c1.O.O=S(=O)([O-])O. The number of aromatic nitrogens is 2. The van der Waals surface area contributed by atoms with Crippen LogP contribution in [-0.4, -0.2) is 27.6 Å². The number of aryl methyl sites for hydroxylation is 2. The molecule has 0 atom stereocenters. The van der Waals surface area contributed by atoms with Crippen molar-refractivity contribution < 1.29 is 27.6 Å². The molecule has 96 valence electrons. The first-order chi connectivity index (χ1) is 6.83. The van der Waals surface area contributed by atoms with Crippen molar-refractivity contribution in [2.24, 2.45) is 7.05 Å². The van der Waals surface area contributed by atoms with Gasteiger partial charge in [0.1, 0.15) is 12.4 Å². The maximum absolute atomic E-state index is 8.63. The van der Waals surface area contributed by atoms with Crippen LogP contribution in [0.25, 0.3) is 0 Å². The molecular weight excluding hydrogens is 236 g/mol. The van der Waals surface area contributed by atoms with E-state index in [2.05, 4.69) is 34.8 Å².